The number of halogens is 1. The topological polar surface area (TPSA) is 53.1 Å². The summed E-state index contributed by atoms with van der Waals surface area (Å²) in [4.78, 5) is 0. The second-order valence-electron chi connectivity index (χ2n) is 4.76. The van der Waals surface area contributed by atoms with Crippen LogP contribution in [0.2, 0.25) is 0 Å². The van der Waals surface area contributed by atoms with Crippen LogP contribution in [0.4, 0.5) is 4.39 Å². The van der Waals surface area contributed by atoms with Gasteiger partial charge in [-0.2, -0.15) is 5.10 Å². The van der Waals surface area contributed by atoms with E-state index in [-0.39, 0.29) is 18.0 Å². The molecular formula is C14H16FN3O. The summed E-state index contributed by atoms with van der Waals surface area (Å²) in [6, 6.07) is 4.27. The predicted octanol–water partition coefficient (Wildman–Crippen LogP) is 2.57. The average molecular weight is 261 g/mol. The first kappa shape index (κ1) is 12.2. The van der Waals surface area contributed by atoms with Crippen LogP contribution in [0.1, 0.15) is 36.6 Å². The summed E-state index contributed by atoms with van der Waals surface area (Å²) in [5, 5.41) is 4.24. The van der Waals surface area contributed by atoms with Crippen molar-refractivity contribution >= 4 is 0 Å². The molecule has 2 atom stereocenters. The van der Waals surface area contributed by atoms with Crippen molar-refractivity contribution in [2.45, 2.75) is 32.0 Å². The van der Waals surface area contributed by atoms with E-state index in [1.807, 2.05) is 17.8 Å². The summed E-state index contributed by atoms with van der Waals surface area (Å²) < 4.78 is 21.0. The molecule has 0 spiro atoms. The van der Waals surface area contributed by atoms with Gasteiger partial charge >= 0.3 is 0 Å². The zero-order valence-electron chi connectivity index (χ0n) is 10.7. The minimum absolute atomic E-state index is 0.117. The molecule has 100 valence electrons. The number of ether oxygens (including phenoxy) is 1. The molecule has 0 amide bonds. The van der Waals surface area contributed by atoms with Gasteiger partial charge in [0.05, 0.1) is 6.20 Å². The first-order chi connectivity index (χ1) is 9.17. The molecule has 1 aromatic carbocycles. The maximum atomic E-state index is 13.2. The highest BCUT2D eigenvalue weighted by Crippen LogP contribution is 2.39. The zero-order valence-corrected chi connectivity index (χ0v) is 10.7. The van der Waals surface area contributed by atoms with Crippen molar-refractivity contribution in [2.75, 3.05) is 0 Å². The molecule has 2 aromatic rings. The Morgan fingerprint density at radius 3 is 3.11 bits per heavy atom. The van der Waals surface area contributed by atoms with Crippen molar-refractivity contribution < 1.29 is 9.13 Å². The summed E-state index contributed by atoms with van der Waals surface area (Å²) in [5.74, 6) is 0.379. The van der Waals surface area contributed by atoms with Crippen LogP contribution in [0.3, 0.4) is 0 Å². The Morgan fingerprint density at radius 2 is 2.37 bits per heavy atom. The average Bonchev–Trinajstić information content (AvgIpc) is 2.88. The largest absolute Gasteiger partial charge is 0.485 e. The van der Waals surface area contributed by atoms with E-state index >= 15 is 0 Å². The quantitative estimate of drug-likeness (QED) is 0.904. The fraction of sp³-hybridized carbons (Fsp3) is 0.357. The maximum absolute atomic E-state index is 13.2. The number of fused-ring (bicyclic) bond motifs is 1. The summed E-state index contributed by atoms with van der Waals surface area (Å²) >= 11 is 0. The molecule has 1 aromatic heterocycles. The molecule has 1 aliphatic rings. The third-order valence-electron chi connectivity index (χ3n) is 3.46. The second-order valence-corrected chi connectivity index (χ2v) is 4.76. The third kappa shape index (κ3) is 2.21. The molecule has 0 saturated carbocycles. The first-order valence-corrected chi connectivity index (χ1v) is 6.41. The molecule has 0 aliphatic carbocycles. The summed E-state index contributed by atoms with van der Waals surface area (Å²) in [5.41, 5.74) is 7.85. The number of aromatic nitrogens is 2. The molecule has 1 aliphatic heterocycles. The third-order valence-corrected chi connectivity index (χ3v) is 3.46. The number of nitrogens with two attached hydrogens (primary N) is 1. The fourth-order valence-corrected chi connectivity index (χ4v) is 2.40. The number of benzene rings is 1. The van der Waals surface area contributed by atoms with Gasteiger partial charge < -0.3 is 10.5 Å². The Labute approximate surface area is 111 Å². The van der Waals surface area contributed by atoms with Crippen molar-refractivity contribution in [2.24, 2.45) is 5.73 Å². The van der Waals surface area contributed by atoms with Crippen LogP contribution in [-0.2, 0) is 6.54 Å². The minimum Gasteiger partial charge on any atom is -0.485 e. The molecule has 4 nitrogen and oxygen atoms in total. The number of hydrogen-bond donors (Lipinski definition) is 1. The minimum atomic E-state index is -0.282. The molecule has 0 saturated heterocycles. The van der Waals surface area contributed by atoms with Gasteiger partial charge in [0, 0.05) is 36.3 Å². The molecule has 0 radical (unpaired) electrons. The lowest BCUT2D eigenvalue weighted by Crippen LogP contribution is -2.24. The van der Waals surface area contributed by atoms with Gasteiger partial charge in [0.2, 0.25) is 0 Å². The van der Waals surface area contributed by atoms with E-state index in [1.165, 1.54) is 12.1 Å². The van der Waals surface area contributed by atoms with Gasteiger partial charge in [-0.15, -0.1) is 0 Å². The van der Waals surface area contributed by atoms with Crippen LogP contribution >= 0.6 is 0 Å². The van der Waals surface area contributed by atoms with Gasteiger partial charge in [-0.05, 0) is 25.1 Å². The predicted molar refractivity (Wildman–Crippen MR) is 69.2 cm³/mol. The van der Waals surface area contributed by atoms with E-state index < -0.39 is 0 Å². The van der Waals surface area contributed by atoms with Crippen LogP contribution < -0.4 is 10.5 Å². The van der Waals surface area contributed by atoms with E-state index in [0.717, 1.165) is 17.7 Å². The van der Waals surface area contributed by atoms with Crippen LogP contribution in [0.25, 0.3) is 0 Å². The van der Waals surface area contributed by atoms with Gasteiger partial charge in [-0.3, -0.25) is 4.68 Å². The molecule has 5 heteroatoms. The highest BCUT2D eigenvalue weighted by Gasteiger charge is 2.28. The fourth-order valence-electron chi connectivity index (χ4n) is 2.40. The van der Waals surface area contributed by atoms with Crippen molar-refractivity contribution in [1.29, 1.82) is 0 Å². The number of hydrogen-bond acceptors (Lipinski definition) is 3. The number of aryl methyl sites for hydroxylation is 1. The molecule has 2 unspecified atom stereocenters. The van der Waals surface area contributed by atoms with Crippen LogP contribution in [0.15, 0.2) is 30.6 Å². The molecule has 19 heavy (non-hydrogen) atoms. The summed E-state index contributed by atoms with van der Waals surface area (Å²) in [6.07, 6.45) is 4.28. The van der Waals surface area contributed by atoms with Crippen molar-refractivity contribution in [3.8, 4) is 5.75 Å². The van der Waals surface area contributed by atoms with Gasteiger partial charge in [0.1, 0.15) is 17.7 Å². The van der Waals surface area contributed by atoms with Gasteiger partial charge in [-0.25, -0.2) is 4.39 Å². The second kappa shape index (κ2) is 4.66. The Kier molecular flexibility index (Phi) is 2.98. The van der Waals surface area contributed by atoms with E-state index in [4.69, 9.17) is 10.5 Å². The molecule has 0 bridgehead atoms. The molecule has 3 rings (SSSR count). The van der Waals surface area contributed by atoms with E-state index in [2.05, 4.69) is 5.10 Å². The SMILES string of the molecule is CCn1cc(C2CC(N)c3cc(F)ccc3O2)cn1. The highest BCUT2D eigenvalue weighted by atomic mass is 19.1. The van der Waals surface area contributed by atoms with Crippen LogP contribution in [0, 0.1) is 5.82 Å². The monoisotopic (exact) mass is 261 g/mol. The van der Waals surface area contributed by atoms with E-state index in [9.17, 15) is 4.39 Å². The summed E-state index contributed by atoms with van der Waals surface area (Å²) in [7, 11) is 0. The lowest BCUT2D eigenvalue weighted by atomic mass is 9.95. The zero-order chi connectivity index (χ0) is 13.4. The standard InChI is InChI=1S/C14H16FN3O/c1-2-18-8-9(7-17-18)14-6-12(16)11-5-10(15)3-4-13(11)19-14/h3-5,7-8,12,14H,2,6,16H2,1H3. The van der Waals surface area contributed by atoms with Crippen molar-refractivity contribution in [3.05, 3.63) is 47.5 Å². The summed E-state index contributed by atoms with van der Waals surface area (Å²) in [6.45, 7) is 2.85. The van der Waals surface area contributed by atoms with E-state index in [1.54, 1.807) is 12.3 Å². The Bertz CT molecular complexity index is 596. The Hall–Kier alpha value is -1.88. The first-order valence-electron chi connectivity index (χ1n) is 6.41. The lowest BCUT2D eigenvalue weighted by molar-refractivity contribution is 0.161. The van der Waals surface area contributed by atoms with Crippen LogP contribution in [0.5, 0.6) is 5.75 Å². The lowest BCUT2D eigenvalue weighted by Gasteiger charge is -2.29. The van der Waals surface area contributed by atoms with Crippen LogP contribution in [-0.4, -0.2) is 9.78 Å². The maximum Gasteiger partial charge on any atom is 0.129 e. The Morgan fingerprint density at radius 1 is 1.53 bits per heavy atom. The molecular weight excluding hydrogens is 245 g/mol. The van der Waals surface area contributed by atoms with Crippen molar-refractivity contribution in [1.82, 2.24) is 9.78 Å². The normalized spacial score (nSPS) is 21.8. The Balaban J connectivity index is 1.90. The molecule has 2 heterocycles. The molecule has 2 N–H and O–H groups in total. The van der Waals surface area contributed by atoms with Gasteiger partial charge in [-0.1, -0.05) is 0 Å². The van der Waals surface area contributed by atoms with Crippen molar-refractivity contribution in [3.63, 3.8) is 0 Å². The van der Waals surface area contributed by atoms with E-state index in [0.29, 0.717) is 12.2 Å². The number of nitrogens with zero attached hydrogens (tertiary/aromatic N) is 2. The van der Waals surface area contributed by atoms with Gasteiger partial charge in [0.25, 0.3) is 0 Å². The molecule has 0 fully saturated rings. The number of rotatable bonds is 2. The smallest absolute Gasteiger partial charge is 0.129 e. The van der Waals surface area contributed by atoms with Gasteiger partial charge in [0.15, 0.2) is 0 Å². The highest BCUT2D eigenvalue weighted by molar-refractivity contribution is 5.39.